The molecule has 0 aliphatic carbocycles. The second kappa shape index (κ2) is 6.55. The standard InChI is InChI=1S/C16H21Cl2N3/c1-2-20-10-4-5-12(11-20)21-14-7-3-6-13(18)16(14)19-15(21)8-9-17/h3,6-7,12H,2,4-5,8-11H2,1H3. The van der Waals surface area contributed by atoms with Crippen LogP contribution in [0.1, 0.15) is 31.6 Å². The molecule has 1 aromatic heterocycles. The summed E-state index contributed by atoms with van der Waals surface area (Å²) in [5.74, 6) is 1.65. The van der Waals surface area contributed by atoms with Crippen molar-refractivity contribution in [1.29, 1.82) is 0 Å². The SMILES string of the molecule is CCN1CCCC(n2c(CCCl)nc3c(Cl)cccc32)C1. The van der Waals surface area contributed by atoms with Gasteiger partial charge in [0, 0.05) is 24.9 Å². The van der Waals surface area contributed by atoms with E-state index < -0.39 is 0 Å². The van der Waals surface area contributed by atoms with Gasteiger partial charge in [-0.25, -0.2) is 4.98 Å². The van der Waals surface area contributed by atoms with E-state index in [-0.39, 0.29) is 0 Å². The zero-order valence-corrected chi connectivity index (χ0v) is 13.9. The molecule has 0 amide bonds. The highest BCUT2D eigenvalue weighted by Crippen LogP contribution is 2.31. The quantitative estimate of drug-likeness (QED) is 0.788. The molecular weight excluding hydrogens is 305 g/mol. The Labute approximate surface area is 135 Å². The molecule has 0 saturated carbocycles. The number of halogens is 2. The number of para-hydroxylation sites is 1. The highest BCUT2D eigenvalue weighted by Gasteiger charge is 2.24. The topological polar surface area (TPSA) is 21.1 Å². The second-order valence-electron chi connectivity index (χ2n) is 5.63. The zero-order chi connectivity index (χ0) is 14.8. The Bertz CT molecular complexity index is 623. The summed E-state index contributed by atoms with van der Waals surface area (Å²) in [4.78, 5) is 7.27. The maximum absolute atomic E-state index is 6.32. The lowest BCUT2D eigenvalue weighted by molar-refractivity contribution is 0.186. The van der Waals surface area contributed by atoms with Gasteiger partial charge in [0.05, 0.1) is 10.5 Å². The van der Waals surface area contributed by atoms with Crippen molar-refractivity contribution in [2.45, 2.75) is 32.2 Å². The van der Waals surface area contributed by atoms with E-state index in [4.69, 9.17) is 28.2 Å². The monoisotopic (exact) mass is 325 g/mol. The molecule has 0 bridgehead atoms. The number of piperidine rings is 1. The van der Waals surface area contributed by atoms with Gasteiger partial charge >= 0.3 is 0 Å². The minimum Gasteiger partial charge on any atom is -0.323 e. The third-order valence-corrected chi connectivity index (χ3v) is 4.85. The first-order valence-electron chi connectivity index (χ1n) is 7.68. The number of hydrogen-bond donors (Lipinski definition) is 0. The highest BCUT2D eigenvalue weighted by molar-refractivity contribution is 6.34. The Kier molecular flexibility index (Phi) is 4.72. The third kappa shape index (κ3) is 2.92. The molecule has 114 valence electrons. The van der Waals surface area contributed by atoms with E-state index in [2.05, 4.69) is 22.5 Å². The molecule has 1 unspecified atom stereocenters. The number of likely N-dealkylation sites (N-methyl/N-ethyl adjacent to an activating group) is 1. The van der Waals surface area contributed by atoms with E-state index in [9.17, 15) is 0 Å². The number of aryl methyl sites for hydroxylation is 1. The molecule has 3 rings (SSSR count). The maximum atomic E-state index is 6.32. The summed E-state index contributed by atoms with van der Waals surface area (Å²) in [6.07, 6.45) is 3.22. The van der Waals surface area contributed by atoms with E-state index in [1.807, 2.05) is 12.1 Å². The number of hydrogen-bond acceptors (Lipinski definition) is 2. The molecule has 21 heavy (non-hydrogen) atoms. The molecule has 0 radical (unpaired) electrons. The first kappa shape index (κ1) is 15.1. The lowest BCUT2D eigenvalue weighted by atomic mass is 10.0. The Balaban J connectivity index is 2.06. The number of aromatic nitrogens is 2. The molecule has 1 aliphatic heterocycles. The summed E-state index contributed by atoms with van der Waals surface area (Å²) in [5, 5.41) is 0.727. The van der Waals surface area contributed by atoms with E-state index in [1.54, 1.807) is 0 Å². The molecule has 5 heteroatoms. The molecule has 1 atom stereocenters. The van der Waals surface area contributed by atoms with Crippen molar-refractivity contribution in [1.82, 2.24) is 14.5 Å². The van der Waals surface area contributed by atoms with Crippen LogP contribution in [0.5, 0.6) is 0 Å². The van der Waals surface area contributed by atoms with Crippen LogP contribution in [-0.4, -0.2) is 40.0 Å². The molecule has 3 nitrogen and oxygen atoms in total. The van der Waals surface area contributed by atoms with Crippen molar-refractivity contribution in [2.75, 3.05) is 25.5 Å². The minimum atomic E-state index is 0.473. The predicted octanol–water partition coefficient (Wildman–Crippen LogP) is 4.13. The first-order chi connectivity index (χ1) is 10.2. The van der Waals surface area contributed by atoms with Crippen LogP contribution < -0.4 is 0 Å². The fourth-order valence-corrected chi connectivity index (χ4v) is 3.71. The van der Waals surface area contributed by atoms with Gasteiger partial charge in [-0.2, -0.15) is 0 Å². The third-order valence-electron chi connectivity index (χ3n) is 4.36. The number of likely N-dealkylation sites (tertiary alicyclic amines) is 1. The maximum Gasteiger partial charge on any atom is 0.111 e. The molecule has 1 saturated heterocycles. The van der Waals surface area contributed by atoms with Crippen molar-refractivity contribution in [3.8, 4) is 0 Å². The lowest BCUT2D eigenvalue weighted by Crippen LogP contribution is -2.36. The molecule has 0 spiro atoms. The number of imidazole rings is 1. The van der Waals surface area contributed by atoms with Gasteiger partial charge in [-0.05, 0) is 38.1 Å². The summed E-state index contributed by atoms with van der Waals surface area (Å²) in [6.45, 7) is 5.62. The summed E-state index contributed by atoms with van der Waals surface area (Å²) in [5.41, 5.74) is 2.05. The van der Waals surface area contributed by atoms with Gasteiger partial charge < -0.3 is 9.47 Å². The molecule has 0 N–H and O–H groups in total. The van der Waals surface area contributed by atoms with Crippen molar-refractivity contribution in [2.24, 2.45) is 0 Å². The first-order valence-corrected chi connectivity index (χ1v) is 8.59. The molecule has 2 aromatic rings. The Morgan fingerprint density at radius 1 is 1.38 bits per heavy atom. The van der Waals surface area contributed by atoms with Crippen LogP contribution in [-0.2, 0) is 6.42 Å². The molecule has 1 aliphatic rings. The van der Waals surface area contributed by atoms with Gasteiger partial charge in [0.25, 0.3) is 0 Å². The summed E-state index contributed by atoms with van der Waals surface area (Å²) in [6, 6.07) is 6.51. The normalized spacial score (nSPS) is 20.2. The Hall–Kier alpha value is -0.770. The number of rotatable bonds is 4. The Morgan fingerprint density at radius 2 is 2.24 bits per heavy atom. The summed E-state index contributed by atoms with van der Waals surface area (Å²) < 4.78 is 2.38. The molecule has 2 heterocycles. The molecule has 1 fully saturated rings. The van der Waals surface area contributed by atoms with Gasteiger partial charge in [0.2, 0.25) is 0 Å². The number of alkyl halides is 1. The van der Waals surface area contributed by atoms with E-state index in [0.29, 0.717) is 11.9 Å². The fraction of sp³-hybridized carbons (Fsp3) is 0.562. The predicted molar refractivity (Wildman–Crippen MR) is 89.6 cm³/mol. The molecular formula is C16H21Cl2N3. The van der Waals surface area contributed by atoms with Crippen molar-refractivity contribution in [3.05, 3.63) is 29.0 Å². The fourth-order valence-electron chi connectivity index (χ4n) is 3.33. The van der Waals surface area contributed by atoms with Crippen LogP contribution in [0.3, 0.4) is 0 Å². The zero-order valence-electron chi connectivity index (χ0n) is 12.4. The number of fused-ring (bicyclic) bond motifs is 1. The largest absolute Gasteiger partial charge is 0.323 e. The average Bonchev–Trinajstić information content (AvgIpc) is 2.87. The van der Waals surface area contributed by atoms with Crippen LogP contribution in [0.25, 0.3) is 11.0 Å². The smallest absolute Gasteiger partial charge is 0.111 e. The summed E-state index contributed by atoms with van der Waals surface area (Å²) in [7, 11) is 0. The van der Waals surface area contributed by atoms with Crippen LogP contribution in [0.4, 0.5) is 0 Å². The van der Waals surface area contributed by atoms with Crippen LogP contribution in [0, 0.1) is 0 Å². The van der Waals surface area contributed by atoms with Crippen LogP contribution in [0.15, 0.2) is 18.2 Å². The highest BCUT2D eigenvalue weighted by atomic mass is 35.5. The van der Waals surface area contributed by atoms with Gasteiger partial charge in [-0.15, -0.1) is 11.6 Å². The average molecular weight is 326 g/mol. The van der Waals surface area contributed by atoms with Crippen molar-refractivity contribution >= 4 is 34.2 Å². The second-order valence-corrected chi connectivity index (χ2v) is 6.42. The van der Waals surface area contributed by atoms with Crippen molar-refractivity contribution in [3.63, 3.8) is 0 Å². The number of benzene rings is 1. The van der Waals surface area contributed by atoms with Gasteiger partial charge in [0.15, 0.2) is 0 Å². The van der Waals surface area contributed by atoms with Crippen molar-refractivity contribution < 1.29 is 0 Å². The number of nitrogens with zero attached hydrogens (tertiary/aromatic N) is 3. The van der Waals surface area contributed by atoms with Crippen LogP contribution in [0.2, 0.25) is 5.02 Å². The molecule has 1 aromatic carbocycles. The summed E-state index contributed by atoms with van der Waals surface area (Å²) >= 11 is 12.3. The van der Waals surface area contributed by atoms with Gasteiger partial charge in [-0.3, -0.25) is 0 Å². The van der Waals surface area contributed by atoms with Gasteiger partial charge in [0.1, 0.15) is 11.3 Å². The van der Waals surface area contributed by atoms with E-state index in [1.165, 1.54) is 19.4 Å². The Morgan fingerprint density at radius 3 is 3.00 bits per heavy atom. The van der Waals surface area contributed by atoms with Crippen LogP contribution >= 0.6 is 23.2 Å². The van der Waals surface area contributed by atoms with Gasteiger partial charge in [-0.1, -0.05) is 24.6 Å². The minimum absolute atomic E-state index is 0.473. The lowest BCUT2D eigenvalue weighted by Gasteiger charge is -2.33. The van der Waals surface area contributed by atoms with E-state index >= 15 is 0 Å². The van der Waals surface area contributed by atoms with E-state index in [0.717, 1.165) is 41.4 Å².